The molecule has 0 spiro atoms. The molecule has 0 saturated heterocycles. The van der Waals surface area contributed by atoms with Crippen LogP contribution in [0.2, 0.25) is 0 Å². The van der Waals surface area contributed by atoms with Crippen molar-refractivity contribution in [1.82, 2.24) is 4.98 Å². The summed E-state index contributed by atoms with van der Waals surface area (Å²) in [7, 11) is 11.4. The number of hydrogen-bond acceptors (Lipinski definition) is 1. The Morgan fingerprint density at radius 1 is 1.00 bits per heavy atom. The first-order chi connectivity index (χ1) is 11.0. The summed E-state index contributed by atoms with van der Waals surface area (Å²) in [6.07, 6.45) is 1.87. The van der Waals surface area contributed by atoms with Crippen LogP contribution in [0, 0.1) is 13.8 Å². The fraction of sp³-hybridized carbons (Fsp3) is 0.684. The van der Waals surface area contributed by atoms with Gasteiger partial charge >= 0.3 is 98.3 Å². The molecule has 0 aliphatic heterocycles. The van der Waals surface area contributed by atoms with Gasteiger partial charge in [0.1, 0.15) is 0 Å². The van der Waals surface area contributed by atoms with Crippen LogP contribution in [-0.4, -0.2) is 26.6 Å². The number of rotatable bonds is 6. The molecule has 24 heavy (non-hydrogen) atoms. The number of halogens is 2. The molecule has 0 aromatic carbocycles. The fourth-order valence-corrected chi connectivity index (χ4v) is 8.87. The SMILES string of the molecule is CC(C)[PH+](C(C)C)C(C)C.Cc1cc(C)nc(CC[CH]=[Ru]([Cl])[Cl])c1. The van der Waals surface area contributed by atoms with Gasteiger partial charge in [0, 0.05) is 7.92 Å². The van der Waals surface area contributed by atoms with Crippen molar-refractivity contribution in [3.63, 3.8) is 0 Å². The molecule has 0 radical (unpaired) electrons. The maximum atomic E-state index is 5.74. The number of nitrogens with zero attached hydrogens (tertiary/aromatic N) is 1. The van der Waals surface area contributed by atoms with Crippen LogP contribution in [0.5, 0.6) is 0 Å². The first kappa shape index (κ1) is 24.7. The third-order valence-electron chi connectivity index (χ3n) is 3.76. The average Bonchev–Trinajstić information content (AvgIpc) is 2.35. The van der Waals surface area contributed by atoms with Gasteiger partial charge in [-0.25, -0.2) is 0 Å². The molecule has 1 heterocycles. The summed E-state index contributed by atoms with van der Waals surface area (Å²) in [4.78, 5) is 4.44. The van der Waals surface area contributed by atoms with E-state index < -0.39 is 13.5 Å². The predicted molar refractivity (Wildman–Crippen MR) is 114 cm³/mol. The average molecular weight is 480 g/mol. The molecule has 1 aromatic rings. The van der Waals surface area contributed by atoms with Crippen LogP contribution in [0.4, 0.5) is 0 Å². The molecule has 0 bridgehead atoms. The zero-order valence-electron chi connectivity index (χ0n) is 16.4. The van der Waals surface area contributed by atoms with Gasteiger partial charge in [0.2, 0.25) is 0 Å². The Balaban J connectivity index is 0.000000470. The van der Waals surface area contributed by atoms with E-state index in [1.165, 1.54) is 5.56 Å². The van der Waals surface area contributed by atoms with Crippen molar-refractivity contribution in [2.75, 3.05) is 0 Å². The summed E-state index contributed by atoms with van der Waals surface area (Å²) < 4.78 is 2.02. The molecule has 1 rings (SSSR count). The Hall–Kier alpha value is 0.653. The quantitative estimate of drug-likeness (QED) is 0.323. The molecule has 5 heteroatoms. The number of pyridine rings is 1. The second-order valence-corrected chi connectivity index (χ2v) is 17.5. The van der Waals surface area contributed by atoms with Crippen molar-refractivity contribution in [2.24, 2.45) is 0 Å². The minimum absolute atomic E-state index is 0.0957. The van der Waals surface area contributed by atoms with Gasteiger partial charge in [-0.15, -0.1) is 0 Å². The normalized spacial score (nSPS) is 11.8. The standard InChI is InChI=1S/C10H13N.C9H21P.2ClH.Ru/c1-4-5-10-7-8(2)6-9(3)11-10;1-7(2)10(8(3)4)9(5)6;;;/h1,6-7H,4-5H2,2-3H3;7-9H,1-6H3;2*1H;/q;;;;+2/p-1. The molecule has 0 aliphatic rings. The third kappa shape index (κ3) is 11.3. The summed E-state index contributed by atoms with van der Waals surface area (Å²) in [6, 6.07) is 4.19. The van der Waals surface area contributed by atoms with Gasteiger partial charge in [-0.1, -0.05) is 0 Å². The summed E-state index contributed by atoms with van der Waals surface area (Å²) in [6.45, 7) is 18.3. The Labute approximate surface area is 164 Å². The summed E-state index contributed by atoms with van der Waals surface area (Å²) >= 11 is -1.58. The first-order valence-electron chi connectivity index (χ1n) is 8.67. The van der Waals surface area contributed by atoms with E-state index in [0.717, 1.165) is 41.2 Å². The van der Waals surface area contributed by atoms with Crippen molar-refractivity contribution in [3.8, 4) is 0 Å². The molecule has 0 aliphatic carbocycles. The Bertz CT molecular complexity index is 473. The zero-order chi connectivity index (χ0) is 18.9. The minimum atomic E-state index is -1.58. The van der Waals surface area contributed by atoms with E-state index in [9.17, 15) is 0 Å². The molecule has 0 atom stereocenters. The van der Waals surface area contributed by atoms with Crippen LogP contribution in [0.15, 0.2) is 12.1 Å². The van der Waals surface area contributed by atoms with Crippen LogP contribution < -0.4 is 0 Å². The molecular formula is C19H35Cl2NPRu+. The van der Waals surface area contributed by atoms with Gasteiger partial charge < -0.3 is 0 Å². The molecule has 0 amide bonds. The van der Waals surface area contributed by atoms with Crippen LogP contribution in [0.1, 0.15) is 64.9 Å². The second kappa shape index (κ2) is 12.9. The van der Waals surface area contributed by atoms with Crippen LogP contribution in [-0.2, 0) is 19.9 Å². The Kier molecular flexibility index (Phi) is 13.3. The van der Waals surface area contributed by atoms with Crippen molar-refractivity contribution >= 4 is 31.9 Å². The molecular weight excluding hydrogens is 445 g/mol. The number of aryl methyl sites for hydroxylation is 3. The fourth-order valence-electron chi connectivity index (χ4n) is 3.33. The van der Waals surface area contributed by atoms with E-state index in [1.807, 2.05) is 11.5 Å². The maximum absolute atomic E-state index is 5.74. The van der Waals surface area contributed by atoms with E-state index in [1.54, 1.807) is 0 Å². The topological polar surface area (TPSA) is 12.9 Å². The number of aromatic nitrogens is 1. The van der Waals surface area contributed by atoms with E-state index in [2.05, 4.69) is 65.6 Å². The van der Waals surface area contributed by atoms with Crippen molar-refractivity contribution in [1.29, 1.82) is 0 Å². The summed E-state index contributed by atoms with van der Waals surface area (Å²) in [5, 5.41) is 0. The molecule has 0 fully saturated rings. The van der Waals surface area contributed by atoms with Gasteiger partial charge in [-0.05, 0) is 41.5 Å². The molecule has 142 valence electrons. The van der Waals surface area contributed by atoms with Crippen molar-refractivity contribution in [3.05, 3.63) is 29.1 Å². The summed E-state index contributed by atoms with van der Waals surface area (Å²) in [5.41, 5.74) is 6.27. The monoisotopic (exact) mass is 480 g/mol. The van der Waals surface area contributed by atoms with Gasteiger partial charge in [-0.3, -0.25) is 0 Å². The molecule has 1 nitrogen and oxygen atoms in total. The van der Waals surface area contributed by atoms with E-state index in [-0.39, 0.29) is 7.92 Å². The van der Waals surface area contributed by atoms with E-state index in [4.69, 9.17) is 19.4 Å². The molecule has 0 N–H and O–H groups in total. The van der Waals surface area contributed by atoms with E-state index in [0.29, 0.717) is 0 Å². The van der Waals surface area contributed by atoms with Crippen molar-refractivity contribution in [2.45, 2.75) is 85.2 Å². The number of hydrogen-bond donors (Lipinski definition) is 0. The molecule has 0 unspecified atom stereocenters. The Morgan fingerprint density at radius 3 is 1.83 bits per heavy atom. The molecule has 0 saturated carbocycles. The van der Waals surface area contributed by atoms with Gasteiger partial charge in [0.05, 0.1) is 17.0 Å². The van der Waals surface area contributed by atoms with Crippen LogP contribution >= 0.6 is 27.3 Å². The van der Waals surface area contributed by atoms with E-state index >= 15 is 0 Å². The predicted octanol–water partition coefficient (Wildman–Crippen LogP) is 6.78. The van der Waals surface area contributed by atoms with Crippen molar-refractivity contribution < 1.29 is 13.5 Å². The molecule has 1 aromatic heterocycles. The van der Waals surface area contributed by atoms with Gasteiger partial charge in [0.25, 0.3) is 0 Å². The van der Waals surface area contributed by atoms with Crippen LogP contribution in [0.25, 0.3) is 0 Å². The summed E-state index contributed by atoms with van der Waals surface area (Å²) in [5.74, 6) is 0. The Morgan fingerprint density at radius 2 is 1.50 bits per heavy atom. The van der Waals surface area contributed by atoms with Gasteiger partial charge in [-0.2, -0.15) is 0 Å². The second-order valence-electron chi connectivity index (χ2n) is 7.13. The third-order valence-corrected chi connectivity index (χ3v) is 10.1. The first-order valence-corrected chi connectivity index (χ1v) is 15.9. The zero-order valence-corrected chi connectivity index (χ0v) is 20.7. The van der Waals surface area contributed by atoms with Crippen LogP contribution in [0.3, 0.4) is 0 Å². The van der Waals surface area contributed by atoms with Gasteiger partial charge in [0.15, 0.2) is 0 Å².